The third-order valence-corrected chi connectivity index (χ3v) is 8.66. The van der Waals surface area contributed by atoms with Crippen LogP contribution in [0.3, 0.4) is 0 Å². The van der Waals surface area contributed by atoms with Crippen LogP contribution >= 0.6 is 0 Å². The minimum absolute atomic E-state index is 0.0868. The van der Waals surface area contributed by atoms with Gasteiger partial charge in [-0.3, -0.25) is 9.59 Å². The Morgan fingerprint density at radius 1 is 0.943 bits per heavy atom. The molecule has 6 nitrogen and oxygen atoms in total. The fraction of sp³-hybridized carbons (Fsp3) is 0.483. The van der Waals surface area contributed by atoms with Gasteiger partial charge in [-0.2, -0.15) is 0 Å². The lowest BCUT2D eigenvalue weighted by molar-refractivity contribution is -0.146. The molecule has 4 aliphatic carbocycles. The monoisotopic (exact) mass is 470 g/mol. The van der Waals surface area contributed by atoms with Gasteiger partial charge >= 0.3 is 0 Å². The maximum absolute atomic E-state index is 13.2. The van der Waals surface area contributed by atoms with Crippen LogP contribution in [0.5, 0.6) is 0 Å². The molecule has 3 aromatic rings. The number of carbonyl (C=O) groups excluding carboxylic acids is 2. The number of carbonyl (C=O) groups is 2. The second-order valence-corrected chi connectivity index (χ2v) is 11.1. The molecule has 4 fully saturated rings. The molecule has 0 unspecified atom stereocenters. The molecule has 4 bridgehead atoms. The third-order valence-electron chi connectivity index (χ3n) is 8.66. The molecule has 182 valence electrons. The SMILES string of the molecule is Cc1nc2ccccc2n1CCNC(=O)c1ccc(CNC(=O)C23CC4CC(CC(C4)C2)C3)cc1. The Balaban J connectivity index is 1.01. The van der Waals surface area contributed by atoms with Crippen LogP contribution in [0, 0.1) is 30.1 Å². The summed E-state index contributed by atoms with van der Waals surface area (Å²) in [5, 5.41) is 6.24. The van der Waals surface area contributed by atoms with Crippen LogP contribution in [0.4, 0.5) is 0 Å². The minimum Gasteiger partial charge on any atom is -0.352 e. The van der Waals surface area contributed by atoms with Gasteiger partial charge in [0.15, 0.2) is 0 Å². The standard InChI is InChI=1S/C29H34N4O2/c1-19-32-25-4-2-3-5-26(25)33(19)11-10-30-27(34)24-8-6-20(7-9-24)18-31-28(35)29-15-21-12-22(16-29)14-23(13-21)17-29/h2-9,21-23H,10-18H2,1H3,(H,30,34)(H,31,35). The Hall–Kier alpha value is -3.15. The topological polar surface area (TPSA) is 76.0 Å². The van der Waals surface area contributed by atoms with E-state index in [1.54, 1.807) is 0 Å². The predicted molar refractivity (Wildman–Crippen MR) is 136 cm³/mol. The van der Waals surface area contributed by atoms with Gasteiger partial charge in [0.25, 0.3) is 5.91 Å². The molecule has 2 amide bonds. The van der Waals surface area contributed by atoms with E-state index >= 15 is 0 Å². The number of nitrogens with zero attached hydrogens (tertiary/aromatic N) is 2. The van der Waals surface area contributed by atoms with Crippen molar-refractivity contribution in [3.8, 4) is 0 Å². The number of imidazole rings is 1. The van der Waals surface area contributed by atoms with Crippen molar-refractivity contribution in [1.29, 1.82) is 0 Å². The fourth-order valence-electron chi connectivity index (χ4n) is 7.39. The lowest BCUT2D eigenvalue weighted by Gasteiger charge is -2.55. The van der Waals surface area contributed by atoms with Gasteiger partial charge in [-0.25, -0.2) is 4.98 Å². The molecule has 1 heterocycles. The zero-order valence-corrected chi connectivity index (χ0v) is 20.4. The molecule has 2 aromatic carbocycles. The Labute approximate surface area is 206 Å². The lowest BCUT2D eigenvalue weighted by Crippen LogP contribution is -2.53. The van der Waals surface area contributed by atoms with Crippen molar-refractivity contribution >= 4 is 22.8 Å². The first kappa shape index (κ1) is 22.3. The van der Waals surface area contributed by atoms with Gasteiger partial charge in [-0.1, -0.05) is 24.3 Å². The average molecular weight is 471 g/mol. The summed E-state index contributed by atoms with van der Waals surface area (Å²) >= 11 is 0. The fourth-order valence-corrected chi connectivity index (χ4v) is 7.39. The van der Waals surface area contributed by atoms with E-state index in [1.165, 1.54) is 19.3 Å². The zero-order valence-electron chi connectivity index (χ0n) is 20.4. The van der Waals surface area contributed by atoms with Crippen molar-refractivity contribution in [3.63, 3.8) is 0 Å². The summed E-state index contributed by atoms with van der Waals surface area (Å²) in [6, 6.07) is 15.6. The largest absolute Gasteiger partial charge is 0.352 e. The molecule has 0 saturated heterocycles. The number of fused-ring (bicyclic) bond motifs is 1. The molecular weight excluding hydrogens is 436 g/mol. The van der Waals surface area contributed by atoms with Gasteiger partial charge in [0.2, 0.25) is 5.91 Å². The van der Waals surface area contributed by atoms with Crippen LogP contribution in [-0.2, 0) is 17.9 Å². The molecular formula is C29H34N4O2. The second-order valence-electron chi connectivity index (χ2n) is 11.1. The Morgan fingerprint density at radius 2 is 1.60 bits per heavy atom. The number of amides is 2. The molecule has 1 aromatic heterocycles. The van der Waals surface area contributed by atoms with Gasteiger partial charge in [-0.15, -0.1) is 0 Å². The van der Waals surface area contributed by atoms with Gasteiger partial charge < -0.3 is 15.2 Å². The van der Waals surface area contributed by atoms with Crippen molar-refractivity contribution in [2.75, 3.05) is 6.54 Å². The molecule has 4 saturated carbocycles. The van der Waals surface area contributed by atoms with Crippen LogP contribution in [0.1, 0.15) is 60.3 Å². The smallest absolute Gasteiger partial charge is 0.251 e. The van der Waals surface area contributed by atoms with Crippen molar-refractivity contribution in [2.24, 2.45) is 23.2 Å². The van der Waals surface area contributed by atoms with Crippen LogP contribution < -0.4 is 10.6 Å². The molecule has 2 N–H and O–H groups in total. The van der Waals surface area contributed by atoms with Crippen LogP contribution in [0.2, 0.25) is 0 Å². The summed E-state index contributed by atoms with van der Waals surface area (Å²) in [4.78, 5) is 30.4. The summed E-state index contributed by atoms with van der Waals surface area (Å²) in [5.74, 6) is 3.40. The van der Waals surface area contributed by atoms with Crippen molar-refractivity contribution in [3.05, 3.63) is 65.5 Å². The molecule has 35 heavy (non-hydrogen) atoms. The van der Waals surface area contributed by atoms with Gasteiger partial charge in [0, 0.05) is 30.6 Å². The van der Waals surface area contributed by atoms with E-state index in [9.17, 15) is 9.59 Å². The van der Waals surface area contributed by atoms with Gasteiger partial charge in [0.05, 0.1) is 11.0 Å². The summed E-state index contributed by atoms with van der Waals surface area (Å²) in [7, 11) is 0. The van der Waals surface area contributed by atoms with E-state index in [2.05, 4.69) is 26.3 Å². The Kier molecular flexibility index (Phi) is 5.62. The maximum atomic E-state index is 13.2. The Morgan fingerprint density at radius 3 is 2.29 bits per heavy atom. The number of aromatic nitrogens is 2. The second kappa shape index (κ2) is 8.81. The van der Waals surface area contributed by atoms with Gasteiger partial charge in [-0.05, 0) is 93.0 Å². The first-order chi connectivity index (χ1) is 17.0. The van der Waals surface area contributed by atoms with E-state index in [-0.39, 0.29) is 17.2 Å². The molecule has 6 heteroatoms. The van der Waals surface area contributed by atoms with E-state index in [0.717, 1.165) is 59.4 Å². The Bertz CT molecular complexity index is 1220. The summed E-state index contributed by atoms with van der Waals surface area (Å²) < 4.78 is 2.13. The zero-order chi connectivity index (χ0) is 24.0. The highest BCUT2D eigenvalue weighted by atomic mass is 16.2. The number of hydrogen-bond donors (Lipinski definition) is 2. The van der Waals surface area contributed by atoms with E-state index in [4.69, 9.17) is 0 Å². The molecule has 0 spiro atoms. The van der Waals surface area contributed by atoms with Gasteiger partial charge in [0.1, 0.15) is 5.82 Å². The van der Waals surface area contributed by atoms with Crippen molar-refractivity contribution in [1.82, 2.24) is 20.2 Å². The third kappa shape index (κ3) is 4.24. The first-order valence-corrected chi connectivity index (χ1v) is 13.1. The normalized spacial score (nSPS) is 26.7. The molecule has 7 rings (SSSR count). The average Bonchev–Trinajstić information content (AvgIpc) is 3.17. The number of benzene rings is 2. The molecule has 0 aliphatic heterocycles. The maximum Gasteiger partial charge on any atom is 0.251 e. The van der Waals surface area contributed by atoms with E-state index in [0.29, 0.717) is 25.2 Å². The predicted octanol–water partition coefficient (Wildman–Crippen LogP) is 4.61. The quantitative estimate of drug-likeness (QED) is 0.530. The molecule has 4 aliphatic rings. The van der Waals surface area contributed by atoms with E-state index in [1.807, 2.05) is 49.4 Å². The minimum atomic E-state index is -0.118. The summed E-state index contributed by atoms with van der Waals surface area (Å²) in [6.45, 7) is 3.72. The van der Waals surface area contributed by atoms with Crippen LogP contribution in [0.25, 0.3) is 11.0 Å². The lowest BCUT2D eigenvalue weighted by atomic mass is 9.49. The highest BCUT2D eigenvalue weighted by Crippen LogP contribution is 2.60. The number of hydrogen-bond acceptors (Lipinski definition) is 3. The first-order valence-electron chi connectivity index (χ1n) is 13.1. The molecule has 0 radical (unpaired) electrons. The number of nitrogens with one attached hydrogen (secondary N) is 2. The number of aryl methyl sites for hydroxylation is 1. The summed E-state index contributed by atoms with van der Waals surface area (Å²) in [5.41, 5.74) is 3.60. The molecule has 0 atom stereocenters. The van der Waals surface area contributed by atoms with Crippen LogP contribution in [0.15, 0.2) is 48.5 Å². The van der Waals surface area contributed by atoms with Crippen molar-refractivity contribution in [2.45, 2.75) is 58.5 Å². The van der Waals surface area contributed by atoms with Crippen molar-refractivity contribution < 1.29 is 9.59 Å². The summed E-state index contributed by atoms with van der Waals surface area (Å²) in [6.07, 6.45) is 7.27. The highest BCUT2D eigenvalue weighted by molar-refractivity contribution is 5.94. The van der Waals surface area contributed by atoms with E-state index < -0.39 is 0 Å². The van der Waals surface area contributed by atoms with Crippen LogP contribution in [-0.4, -0.2) is 27.9 Å². The highest BCUT2D eigenvalue weighted by Gasteiger charge is 2.54. The number of para-hydroxylation sites is 2. The number of rotatable bonds is 7.